The minimum Gasteiger partial charge on any atom is -0.356 e. The van der Waals surface area contributed by atoms with Crippen molar-refractivity contribution < 1.29 is 14.4 Å². The molecule has 0 spiro atoms. The van der Waals surface area contributed by atoms with Gasteiger partial charge in [-0.05, 0) is 60.4 Å². The van der Waals surface area contributed by atoms with Crippen LogP contribution >= 0.6 is 0 Å². The fourth-order valence-corrected chi connectivity index (χ4v) is 6.27. The molecule has 5 aromatic rings. The molecule has 0 aliphatic carbocycles. The lowest BCUT2D eigenvalue weighted by Crippen LogP contribution is -2.44. The monoisotopic (exact) mass is 554 g/mol. The number of nitrogens with one attached hydrogen (secondary N) is 2. The summed E-state index contributed by atoms with van der Waals surface area (Å²) < 4.78 is 0. The second-order valence-electron chi connectivity index (χ2n) is 11.0. The first-order valence-corrected chi connectivity index (χ1v) is 14.3. The molecule has 2 atom stereocenters. The Morgan fingerprint density at radius 2 is 1.62 bits per heavy atom. The smallest absolute Gasteiger partial charge is 0.332 e. The number of aryl methyl sites for hydroxylation is 2. The molecule has 7 rings (SSSR count). The summed E-state index contributed by atoms with van der Waals surface area (Å²) in [5, 5.41) is 3.98. The highest BCUT2D eigenvalue weighted by molar-refractivity contribution is 6.24. The zero-order chi connectivity index (χ0) is 29.0. The minimum atomic E-state index is -0.701. The van der Waals surface area contributed by atoms with E-state index in [4.69, 9.17) is 0 Å². The number of carbonyl (C=O) groups is 3. The first-order valence-electron chi connectivity index (χ1n) is 14.3. The Morgan fingerprint density at radius 1 is 0.905 bits per heavy atom. The highest BCUT2D eigenvalue weighted by atomic mass is 16.2. The quantitative estimate of drug-likeness (QED) is 0.235. The van der Waals surface area contributed by atoms with Crippen LogP contribution in [0.15, 0.2) is 97.1 Å². The Kier molecular flexibility index (Phi) is 6.16. The van der Waals surface area contributed by atoms with Gasteiger partial charge in [0.15, 0.2) is 0 Å². The van der Waals surface area contributed by atoms with Crippen molar-refractivity contribution >= 4 is 40.1 Å². The number of benzene rings is 4. The Labute approximate surface area is 243 Å². The molecule has 1 fully saturated rings. The van der Waals surface area contributed by atoms with E-state index in [0.29, 0.717) is 12.1 Å². The molecule has 7 heteroatoms. The Bertz CT molecular complexity index is 1860. The van der Waals surface area contributed by atoms with Crippen LogP contribution in [0.3, 0.4) is 0 Å². The van der Waals surface area contributed by atoms with E-state index >= 15 is 0 Å². The minimum absolute atomic E-state index is 0.259. The molecule has 0 bridgehead atoms. The average Bonchev–Trinajstić information content (AvgIpc) is 3.51. The van der Waals surface area contributed by atoms with E-state index in [1.807, 2.05) is 73.7 Å². The van der Waals surface area contributed by atoms with Gasteiger partial charge in [0.05, 0.1) is 11.3 Å². The summed E-state index contributed by atoms with van der Waals surface area (Å²) in [5.74, 6) is -0.716. The number of aromatic nitrogens is 1. The number of hydrogen-bond acceptors (Lipinski definition) is 3. The maximum absolute atomic E-state index is 14.3. The molecule has 4 aromatic carbocycles. The van der Waals surface area contributed by atoms with E-state index in [1.165, 1.54) is 10.5 Å². The number of urea groups is 1. The number of rotatable bonds is 5. The van der Waals surface area contributed by atoms with Crippen molar-refractivity contribution in [3.8, 4) is 0 Å². The fourth-order valence-electron chi connectivity index (χ4n) is 6.27. The van der Waals surface area contributed by atoms with Crippen LogP contribution in [0.4, 0.5) is 16.2 Å². The van der Waals surface area contributed by atoms with Crippen LogP contribution in [0.2, 0.25) is 0 Å². The van der Waals surface area contributed by atoms with Crippen molar-refractivity contribution in [2.45, 2.75) is 38.8 Å². The first kappa shape index (κ1) is 25.8. The van der Waals surface area contributed by atoms with Gasteiger partial charge in [-0.2, -0.15) is 0 Å². The van der Waals surface area contributed by atoms with Gasteiger partial charge in [0, 0.05) is 28.7 Å². The van der Waals surface area contributed by atoms with E-state index in [-0.39, 0.29) is 23.1 Å². The SMILES string of the molecule is CCc1ccc(NC(=O)c2ccccc2N2C(=O)[C@@H]3Cc4c([nH]c5ccccc45)C(c4ccc(C)cc4)N3C2=O)cc1. The van der Waals surface area contributed by atoms with Gasteiger partial charge in [-0.3, -0.25) is 14.5 Å². The third-order valence-corrected chi connectivity index (χ3v) is 8.45. The van der Waals surface area contributed by atoms with Crippen LogP contribution in [0.1, 0.15) is 51.3 Å². The van der Waals surface area contributed by atoms with Crippen LogP contribution < -0.4 is 10.2 Å². The molecule has 208 valence electrons. The molecule has 1 aromatic heterocycles. The summed E-state index contributed by atoms with van der Waals surface area (Å²) in [4.78, 5) is 48.4. The molecule has 4 amide bonds. The van der Waals surface area contributed by atoms with Gasteiger partial charge in [0.2, 0.25) is 0 Å². The van der Waals surface area contributed by atoms with Crippen molar-refractivity contribution in [1.29, 1.82) is 0 Å². The van der Waals surface area contributed by atoms with E-state index in [0.717, 1.165) is 39.7 Å². The molecule has 1 unspecified atom stereocenters. The highest BCUT2D eigenvalue weighted by Crippen LogP contribution is 2.45. The lowest BCUT2D eigenvalue weighted by atomic mass is 9.88. The van der Waals surface area contributed by atoms with Crippen molar-refractivity contribution in [2.24, 2.45) is 0 Å². The Hall–Kier alpha value is -5.17. The number of carbonyl (C=O) groups excluding carboxylic acids is 3. The number of anilines is 2. The predicted octanol–water partition coefficient (Wildman–Crippen LogP) is 6.77. The fraction of sp³-hybridized carbons (Fsp3) is 0.171. The molecule has 1 saturated heterocycles. The third-order valence-electron chi connectivity index (χ3n) is 8.45. The molecule has 2 N–H and O–H groups in total. The molecule has 0 saturated carbocycles. The van der Waals surface area contributed by atoms with Crippen molar-refractivity contribution in [3.63, 3.8) is 0 Å². The van der Waals surface area contributed by atoms with Gasteiger partial charge < -0.3 is 10.3 Å². The molecule has 2 aliphatic rings. The zero-order valence-electron chi connectivity index (χ0n) is 23.4. The van der Waals surface area contributed by atoms with Crippen LogP contribution in [-0.4, -0.2) is 33.8 Å². The molecular formula is C35H30N4O3. The molecule has 0 radical (unpaired) electrons. The topological polar surface area (TPSA) is 85.5 Å². The molecule has 7 nitrogen and oxygen atoms in total. The van der Waals surface area contributed by atoms with E-state index in [9.17, 15) is 14.4 Å². The number of imide groups is 1. The van der Waals surface area contributed by atoms with Crippen LogP contribution in [0, 0.1) is 6.92 Å². The number of H-pyrrole nitrogens is 1. The number of hydrogen-bond donors (Lipinski definition) is 2. The maximum atomic E-state index is 14.3. The summed E-state index contributed by atoms with van der Waals surface area (Å²) in [5.41, 5.74) is 7.32. The van der Waals surface area contributed by atoms with Gasteiger partial charge in [-0.15, -0.1) is 0 Å². The predicted molar refractivity (Wildman–Crippen MR) is 164 cm³/mol. The van der Waals surface area contributed by atoms with Crippen molar-refractivity contribution in [3.05, 3.63) is 131 Å². The zero-order valence-corrected chi connectivity index (χ0v) is 23.4. The van der Waals surface area contributed by atoms with Gasteiger partial charge in [0.1, 0.15) is 12.1 Å². The molecule has 2 aliphatic heterocycles. The van der Waals surface area contributed by atoms with Crippen LogP contribution in [0.25, 0.3) is 10.9 Å². The number of aromatic amines is 1. The van der Waals surface area contributed by atoms with Gasteiger partial charge in [0.25, 0.3) is 11.8 Å². The Morgan fingerprint density at radius 3 is 2.38 bits per heavy atom. The summed E-state index contributed by atoms with van der Waals surface area (Å²) in [6.07, 6.45) is 1.29. The maximum Gasteiger partial charge on any atom is 0.332 e. The second-order valence-corrected chi connectivity index (χ2v) is 11.0. The largest absolute Gasteiger partial charge is 0.356 e. The lowest BCUT2D eigenvalue weighted by molar-refractivity contribution is -0.120. The number of amides is 4. The number of para-hydroxylation sites is 2. The molecule has 42 heavy (non-hydrogen) atoms. The summed E-state index contributed by atoms with van der Waals surface area (Å²) in [6.45, 7) is 4.10. The Balaban J connectivity index is 1.29. The standard InChI is InChI=1S/C35H30N4O3/c1-3-22-14-18-24(19-15-22)36-33(40)26-9-5-7-11-29(26)39-34(41)30-20-27-25-8-4-6-10-28(25)37-31(27)32(38(30)35(39)42)23-16-12-21(2)13-17-23/h4-19,30,32,37H,3,20H2,1-2H3,(H,36,40)/t30-,32?/m0/s1. The van der Waals surface area contributed by atoms with Crippen molar-refractivity contribution in [2.75, 3.05) is 10.2 Å². The van der Waals surface area contributed by atoms with Crippen molar-refractivity contribution in [1.82, 2.24) is 9.88 Å². The second kappa shape index (κ2) is 10.0. The van der Waals surface area contributed by atoms with E-state index < -0.39 is 18.1 Å². The molecular weight excluding hydrogens is 524 g/mol. The van der Waals surface area contributed by atoms with Gasteiger partial charge in [-0.1, -0.05) is 79.2 Å². The third kappa shape index (κ3) is 4.08. The average molecular weight is 555 g/mol. The normalized spacial score (nSPS) is 17.9. The van der Waals surface area contributed by atoms with E-state index in [1.54, 1.807) is 29.2 Å². The summed E-state index contributed by atoms with van der Waals surface area (Å²) in [6, 6.07) is 28.9. The number of nitrogens with zero attached hydrogens (tertiary/aromatic N) is 2. The molecule has 3 heterocycles. The lowest BCUT2D eigenvalue weighted by Gasteiger charge is -2.36. The number of fused-ring (bicyclic) bond motifs is 4. The van der Waals surface area contributed by atoms with Gasteiger partial charge in [-0.25, -0.2) is 9.69 Å². The van der Waals surface area contributed by atoms with Crippen LogP contribution in [-0.2, 0) is 17.6 Å². The highest BCUT2D eigenvalue weighted by Gasteiger charge is 2.53. The van der Waals surface area contributed by atoms with Crippen LogP contribution in [0.5, 0.6) is 0 Å². The van der Waals surface area contributed by atoms with E-state index in [2.05, 4.69) is 23.3 Å². The summed E-state index contributed by atoms with van der Waals surface area (Å²) >= 11 is 0. The van der Waals surface area contributed by atoms with Gasteiger partial charge >= 0.3 is 6.03 Å². The summed E-state index contributed by atoms with van der Waals surface area (Å²) in [7, 11) is 0. The first-order chi connectivity index (χ1) is 20.4.